The van der Waals surface area contributed by atoms with E-state index in [-0.39, 0.29) is 12.6 Å². The summed E-state index contributed by atoms with van der Waals surface area (Å²) in [5.41, 5.74) is 2.48. The third kappa shape index (κ3) is 3.83. The fraction of sp³-hybridized carbons (Fsp3) is 0.133. The van der Waals surface area contributed by atoms with Crippen molar-refractivity contribution in [1.82, 2.24) is 0 Å². The van der Waals surface area contributed by atoms with E-state index in [1.807, 2.05) is 43.4 Å². The normalized spacial score (nSPS) is 10.0. The van der Waals surface area contributed by atoms with Gasteiger partial charge in [-0.1, -0.05) is 28.1 Å². The minimum Gasteiger partial charge on any atom is -0.457 e. The number of esters is 1. The summed E-state index contributed by atoms with van der Waals surface area (Å²) in [7, 11) is 1.83. The standard InChI is InChI=1S/C15H14BrNO2/c1-17-14-8-4-12(5-9-14)15(18)19-10-11-2-6-13(16)7-3-11/h2-9,17H,10H2,1H3. The Morgan fingerprint density at radius 3 is 2.32 bits per heavy atom. The van der Waals surface area contributed by atoms with Gasteiger partial charge < -0.3 is 10.1 Å². The lowest BCUT2D eigenvalue weighted by Gasteiger charge is -2.06. The summed E-state index contributed by atoms with van der Waals surface area (Å²) in [6.45, 7) is 0.278. The third-order valence-corrected chi connectivity index (χ3v) is 3.22. The second kappa shape index (κ2) is 6.38. The minimum atomic E-state index is -0.314. The molecule has 1 N–H and O–H groups in total. The quantitative estimate of drug-likeness (QED) is 0.870. The molecule has 0 saturated carbocycles. The Kier molecular flexibility index (Phi) is 4.58. The molecule has 4 heteroatoms. The average Bonchev–Trinajstić information content (AvgIpc) is 2.46. The fourth-order valence-corrected chi connectivity index (χ4v) is 1.85. The van der Waals surface area contributed by atoms with E-state index in [0.29, 0.717) is 5.56 Å². The van der Waals surface area contributed by atoms with Crippen LogP contribution in [0.4, 0.5) is 5.69 Å². The highest BCUT2D eigenvalue weighted by Crippen LogP contribution is 2.13. The molecule has 0 atom stereocenters. The lowest BCUT2D eigenvalue weighted by Crippen LogP contribution is -2.05. The van der Waals surface area contributed by atoms with Crippen molar-refractivity contribution >= 4 is 27.6 Å². The average molecular weight is 320 g/mol. The van der Waals surface area contributed by atoms with Gasteiger partial charge in [0.05, 0.1) is 5.56 Å². The van der Waals surface area contributed by atoms with Crippen molar-refractivity contribution in [3.05, 3.63) is 64.1 Å². The van der Waals surface area contributed by atoms with Gasteiger partial charge in [0.15, 0.2) is 0 Å². The van der Waals surface area contributed by atoms with Crippen molar-refractivity contribution in [2.75, 3.05) is 12.4 Å². The van der Waals surface area contributed by atoms with E-state index in [0.717, 1.165) is 15.7 Å². The minimum absolute atomic E-state index is 0.278. The maximum atomic E-state index is 11.8. The van der Waals surface area contributed by atoms with Gasteiger partial charge in [-0.3, -0.25) is 0 Å². The first-order valence-electron chi connectivity index (χ1n) is 5.88. The van der Waals surface area contributed by atoms with Gasteiger partial charge in [0, 0.05) is 17.2 Å². The molecule has 2 aromatic carbocycles. The zero-order valence-electron chi connectivity index (χ0n) is 10.5. The van der Waals surface area contributed by atoms with Crippen molar-refractivity contribution in [2.45, 2.75) is 6.61 Å². The second-order valence-electron chi connectivity index (χ2n) is 4.03. The van der Waals surface area contributed by atoms with E-state index in [2.05, 4.69) is 21.2 Å². The summed E-state index contributed by atoms with van der Waals surface area (Å²) in [5.74, 6) is -0.314. The van der Waals surface area contributed by atoms with Crippen LogP contribution in [0.3, 0.4) is 0 Å². The van der Waals surface area contributed by atoms with Crippen LogP contribution in [0.15, 0.2) is 53.0 Å². The van der Waals surface area contributed by atoms with Crippen molar-refractivity contribution in [2.24, 2.45) is 0 Å². The zero-order chi connectivity index (χ0) is 13.7. The number of hydrogen-bond donors (Lipinski definition) is 1. The van der Waals surface area contributed by atoms with Crippen LogP contribution in [-0.2, 0) is 11.3 Å². The maximum absolute atomic E-state index is 11.8. The van der Waals surface area contributed by atoms with Crippen molar-refractivity contribution in [3.63, 3.8) is 0 Å². The van der Waals surface area contributed by atoms with Crippen LogP contribution in [-0.4, -0.2) is 13.0 Å². The molecule has 0 heterocycles. The Morgan fingerprint density at radius 2 is 1.74 bits per heavy atom. The number of carbonyl (C=O) groups excluding carboxylic acids is 1. The lowest BCUT2D eigenvalue weighted by atomic mass is 10.2. The van der Waals surface area contributed by atoms with Crippen molar-refractivity contribution < 1.29 is 9.53 Å². The Balaban J connectivity index is 1.95. The number of ether oxygens (including phenoxy) is 1. The van der Waals surface area contributed by atoms with Crippen LogP contribution in [0, 0.1) is 0 Å². The lowest BCUT2D eigenvalue weighted by molar-refractivity contribution is 0.0473. The smallest absolute Gasteiger partial charge is 0.338 e. The van der Waals surface area contributed by atoms with Gasteiger partial charge in [-0.25, -0.2) is 4.79 Å². The maximum Gasteiger partial charge on any atom is 0.338 e. The highest BCUT2D eigenvalue weighted by atomic mass is 79.9. The molecule has 2 aromatic rings. The van der Waals surface area contributed by atoms with Crippen LogP contribution in [0.1, 0.15) is 15.9 Å². The summed E-state index contributed by atoms with van der Waals surface area (Å²) >= 11 is 3.36. The van der Waals surface area contributed by atoms with Crippen LogP contribution in [0.5, 0.6) is 0 Å². The van der Waals surface area contributed by atoms with E-state index in [1.54, 1.807) is 12.1 Å². The first-order chi connectivity index (χ1) is 9.19. The molecular formula is C15H14BrNO2. The fourth-order valence-electron chi connectivity index (χ4n) is 1.59. The van der Waals surface area contributed by atoms with Gasteiger partial charge in [-0.05, 0) is 42.0 Å². The molecule has 0 spiro atoms. The third-order valence-electron chi connectivity index (χ3n) is 2.69. The van der Waals surface area contributed by atoms with Gasteiger partial charge in [-0.2, -0.15) is 0 Å². The molecule has 0 aliphatic rings. The van der Waals surface area contributed by atoms with Gasteiger partial charge in [0.2, 0.25) is 0 Å². The number of hydrogen-bond acceptors (Lipinski definition) is 3. The molecular weight excluding hydrogens is 306 g/mol. The van der Waals surface area contributed by atoms with Crippen LogP contribution in [0.2, 0.25) is 0 Å². The SMILES string of the molecule is CNc1ccc(C(=O)OCc2ccc(Br)cc2)cc1. The van der Waals surface area contributed by atoms with E-state index >= 15 is 0 Å². The zero-order valence-corrected chi connectivity index (χ0v) is 12.1. The summed E-state index contributed by atoms with van der Waals surface area (Å²) < 4.78 is 6.26. The molecule has 19 heavy (non-hydrogen) atoms. The molecule has 0 aliphatic carbocycles. The largest absolute Gasteiger partial charge is 0.457 e. The number of benzene rings is 2. The predicted molar refractivity (Wildman–Crippen MR) is 79.3 cm³/mol. The van der Waals surface area contributed by atoms with Crippen molar-refractivity contribution in [1.29, 1.82) is 0 Å². The van der Waals surface area contributed by atoms with Gasteiger partial charge in [0.25, 0.3) is 0 Å². The molecule has 0 radical (unpaired) electrons. The van der Waals surface area contributed by atoms with Gasteiger partial charge in [0.1, 0.15) is 6.61 Å². The molecule has 0 aromatic heterocycles. The molecule has 2 rings (SSSR count). The Labute approximate surface area is 120 Å². The Morgan fingerprint density at radius 1 is 1.11 bits per heavy atom. The summed E-state index contributed by atoms with van der Waals surface area (Å²) in [4.78, 5) is 11.8. The number of anilines is 1. The predicted octanol–water partition coefficient (Wildman–Crippen LogP) is 3.85. The van der Waals surface area contributed by atoms with E-state index in [4.69, 9.17) is 4.74 Å². The van der Waals surface area contributed by atoms with E-state index in [1.165, 1.54) is 0 Å². The molecule has 0 bridgehead atoms. The van der Waals surface area contributed by atoms with Crippen LogP contribution < -0.4 is 5.32 Å². The van der Waals surface area contributed by atoms with Crippen LogP contribution >= 0.6 is 15.9 Å². The summed E-state index contributed by atoms with van der Waals surface area (Å²) in [5, 5.41) is 3.00. The molecule has 98 valence electrons. The van der Waals surface area contributed by atoms with Gasteiger partial charge >= 0.3 is 5.97 Å². The summed E-state index contributed by atoms with van der Waals surface area (Å²) in [6, 6.07) is 14.9. The number of halogens is 1. The first kappa shape index (κ1) is 13.6. The molecule has 0 saturated heterocycles. The topological polar surface area (TPSA) is 38.3 Å². The number of nitrogens with one attached hydrogen (secondary N) is 1. The van der Waals surface area contributed by atoms with E-state index < -0.39 is 0 Å². The van der Waals surface area contributed by atoms with Crippen LogP contribution in [0.25, 0.3) is 0 Å². The molecule has 0 unspecified atom stereocenters. The van der Waals surface area contributed by atoms with Gasteiger partial charge in [-0.15, -0.1) is 0 Å². The Bertz CT molecular complexity index is 549. The van der Waals surface area contributed by atoms with Crippen molar-refractivity contribution in [3.8, 4) is 0 Å². The highest BCUT2D eigenvalue weighted by molar-refractivity contribution is 9.10. The summed E-state index contributed by atoms with van der Waals surface area (Å²) in [6.07, 6.45) is 0. The molecule has 0 amide bonds. The molecule has 3 nitrogen and oxygen atoms in total. The molecule has 0 fully saturated rings. The monoisotopic (exact) mass is 319 g/mol. The number of rotatable bonds is 4. The molecule has 0 aliphatic heterocycles. The Hall–Kier alpha value is -1.81. The van der Waals surface area contributed by atoms with E-state index in [9.17, 15) is 4.79 Å². The highest BCUT2D eigenvalue weighted by Gasteiger charge is 2.06. The second-order valence-corrected chi connectivity index (χ2v) is 4.95. The first-order valence-corrected chi connectivity index (χ1v) is 6.68. The number of carbonyl (C=O) groups is 1.